The number of carbonyl (C=O) groups excluding carboxylic acids is 1. The maximum absolute atomic E-state index is 13.0. The number of fused-ring (bicyclic) bond motifs is 2. The molecule has 1 aromatic rings. The van der Waals surface area contributed by atoms with Crippen molar-refractivity contribution in [2.75, 3.05) is 52.1 Å². The predicted molar refractivity (Wildman–Crippen MR) is 124 cm³/mol. The molecule has 31 heavy (non-hydrogen) atoms. The molecule has 2 fully saturated rings. The normalized spacial score (nSPS) is 24.6. The number of sulfonamides is 1. The van der Waals surface area contributed by atoms with Gasteiger partial charge in [0.25, 0.3) is 0 Å². The average molecular weight is 448 g/mol. The van der Waals surface area contributed by atoms with Crippen LogP contribution in [0.3, 0.4) is 0 Å². The lowest BCUT2D eigenvalue weighted by atomic mass is 9.73. The lowest BCUT2D eigenvalue weighted by molar-refractivity contribution is -0.133. The second-order valence-electron chi connectivity index (χ2n) is 10.2. The average Bonchev–Trinajstić information content (AvgIpc) is 3.01. The topological polar surface area (TPSA) is 60.9 Å². The Kier molecular flexibility index (Phi) is 6.48. The van der Waals surface area contributed by atoms with Crippen LogP contribution in [0.1, 0.15) is 56.6 Å². The summed E-state index contributed by atoms with van der Waals surface area (Å²) in [5.74, 6) is 0.862. The lowest BCUT2D eigenvalue weighted by Gasteiger charge is -2.40. The van der Waals surface area contributed by atoms with Crippen molar-refractivity contribution in [3.8, 4) is 0 Å². The fraction of sp³-hybridized carbons (Fsp3) is 0.708. The summed E-state index contributed by atoms with van der Waals surface area (Å²) in [5, 5.41) is 0. The molecule has 0 saturated carbocycles. The van der Waals surface area contributed by atoms with Crippen LogP contribution in [-0.2, 0) is 20.2 Å². The van der Waals surface area contributed by atoms with Gasteiger partial charge in [-0.05, 0) is 54.7 Å². The van der Waals surface area contributed by atoms with Crippen molar-refractivity contribution >= 4 is 15.9 Å². The van der Waals surface area contributed by atoms with Crippen LogP contribution in [0.4, 0.5) is 0 Å². The fourth-order valence-corrected chi connectivity index (χ4v) is 7.59. The first kappa shape index (κ1) is 22.7. The van der Waals surface area contributed by atoms with E-state index in [9.17, 15) is 13.2 Å². The van der Waals surface area contributed by atoms with Crippen LogP contribution in [0.2, 0.25) is 0 Å². The molecular weight excluding hydrogens is 410 g/mol. The number of hydrogen-bond acceptors (Lipinski definition) is 4. The van der Waals surface area contributed by atoms with Crippen LogP contribution < -0.4 is 0 Å². The Labute approximate surface area is 187 Å². The molecule has 2 saturated heterocycles. The van der Waals surface area contributed by atoms with Crippen molar-refractivity contribution in [3.63, 3.8) is 0 Å². The molecule has 1 spiro atoms. The molecule has 6 nitrogen and oxygen atoms in total. The Bertz CT molecular complexity index is 898. The number of carbonyl (C=O) groups is 1. The minimum atomic E-state index is -3.19. The second-order valence-corrected chi connectivity index (χ2v) is 12.2. The minimum Gasteiger partial charge on any atom is -0.340 e. The number of piperidine rings is 1. The molecule has 1 amide bonds. The number of amides is 1. The van der Waals surface area contributed by atoms with Crippen LogP contribution in [0, 0.1) is 5.92 Å². The van der Waals surface area contributed by atoms with Crippen molar-refractivity contribution in [2.45, 2.75) is 50.9 Å². The quantitative estimate of drug-likeness (QED) is 0.696. The maximum Gasteiger partial charge on any atom is 0.223 e. The summed E-state index contributed by atoms with van der Waals surface area (Å²) in [6.07, 6.45) is 3.23. The zero-order valence-electron chi connectivity index (χ0n) is 19.2. The minimum absolute atomic E-state index is 0.00745. The molecule has 0 radical (unpaired) electrons. The number of likely N-dealkylation sites (N-methyl/N-ethyl adjacent to an activating group) is 1. The van der Waals surface area contributed by atoms with Gasteiger partial charge in [-0.2, -0.15) is 0 Å². The van der Waals surface area contributed by atoms with Gasteiger partial charge in [-0.1, -0.05) is 38.1 Å². The van der Waals surface area contributed by atoms with Crippen molar-refractivity contribution < 1.29 is 13.2 Å². The third-order valence-electron chi connectivity index (χ3n) is 7.50. The van der Waals surface area contributed by atoms with Gasteiger partial charge in [0.15, 0.2) is 0 Å². The molecule has 1 atom stereocenters. The van der Waals surface area contributed by atoms with Crippen LogP contribution in [0.5, 0.6) is 0 Å². The maximum atomic E-state index is 13.0. The molecule has 4 rings (SSSR count). The third kappa shape index (κ3) is 4.69. The van der Waals surface area contributed by atoms with Gasteiger partial charge >= 0.3 is 0 Å². The number of hydrogen-bond donors (Lipinski definition) is 0. The highest BCUT2D eigenvalue weighted by atomic mass is 32.2. The molecule has 2 heterocycles. The summed E-state index contributed by atoms with van der Waals surface area (Å²) in [7, 11) is -1.09. The van der Waals surface area contributed by atoms with Gasteiger partial charge in [-0.3, -0.25) is 4.79 Å². The van der Waals surface area contributed by atoms with Gasteiger partial charge in [0.05, 0.1) is 5.75 Å². The van der Waals surface area contributed by atoms with E-state index >= 15 is 0 Å². The van der Waals surface area contributed by atoms with E-state index in [1.54, 1.807) is 4.31 Å². The van der Waals surface area contributed by atoms with Gasteiger partial charge in [0, 0.05) is 45.7 Å². The standard InChI is InChI=1S/C24H37N3O3S/c1-19(2)18-31(29,30)27-10-8-24(9-11-27)17-20(21-6-4-5-7-22(21)24)16-23(28)26-14-12-25(3)13-15-26/h4-7,19-20H,8-18H2,1-3H3. The molecule has 3 aliphatic rings. The molecule has 1 unspecified atom stereocenters. The predicted octanol–water partition coefficient (Wildman–Crippen LogP) is 2.66. The third-order valence-corrected chi connectivity index (χ3v) is 9.74. The largest absolute Gasteiger partial charge is 0.340 e. The second kappa shape index (κ2) is 8.83. The first-order valence-corrected chi connectivity index (χ1v) is 13.3. The number of piperazine rings is 1. The molecule has 0 aromatic heterocycles. The van der Waals surface area contributed by atoms with Gasteiger partial charge < -0.3 is 9.80 Å². The van der Waals surface area contributed by atoms with E-state index in [0.717, 1.165) is 45.4 Å². The van der Waals surface area contributed by atoms with Crippen molar-refractivity contribution in [3.05, 3.63) is 35.4 Å². The van der Waals surface area contributed by atoms with Crippen molar-refractivity contribution in [1.29, 1.82) is 0 Å². The highest BCUT2D eigenvalue weighted by Gasteiger charge is 2.47. The first-order chi connectivity index (χ1) is 14.7. The van der Waals surface area contributed by atoms with E-state index in [2.05, 4.69) is 36.2 Å². The molecule has 0 bridgehead atoms. The van der Waals surface area contributed by atoms with E-state index in [4.69, 9.17) is 0 Å². The van der Waals surface area contributed by atoms with E-state index in [-0.39, 0.29) is 28.9 Å². The summed E-state index contributed by atoms with van der Waals surface area (Å²) in [6.45, 7) is 8.60. The molecule has 1 aromatic carbocycles. The van der Waals surface area contributed by atoms with Gasteiger partial charge in [0.2, 0.25) is 15.9 Å². The highest BCUT2D eigenvalue weighted by molar-refractivity contribution is 7.89. The van der Waals surface area contributed by atoms with Crippen LogP contribution in [-0.4, -0.2) is 80.5 Å². The number of nitrogens with zero attached hydrogens (tertiary/aromatic N) is 3. The van der Waals surface area contributed by atoms with E-state index in [0.29, 0.717) is 19.5 Å². The molecule has 7 heteroatoms. The molecule has 2 aliphatic heterocycles. The summed E-state index contributed by atoms with van der Waals surface area (Å²) >= 11 is 0. The Morgan fingerprint density at radius 2 is 1.71 bits per heavy atom. The van der Waals surface area contributed by atoms with E-state index in [1.165, 1.54) is 11.1 Å². The fourth-order valence-electron chi connectivity index (χ4n) is 5.80. The number of benzene rings is 1. The monoisotopic (exact) mass is 447 g/mol. The van der Waals surface area contributed by atoms with Crippen LogP contribution >= 0.6 is 0 Å². The van der Waals surface area contributed by atoms with Gasteiger partial charge in [-0.15, -0.1) is 0 Å². The zero-order valence-corrected chi connectivity index (χ0v) is 20.0. The van der Waals surface area contributed by atoms with Gasteiger partial charge in [-0.25, -0.2) is 12.7 Å². The Hall–Kier alpha value is -1.44. The van der Waals surface area contributed by atoms with E-state index in [1.807, 2.05) is 18.7 Å². The van der Waals surface area contributed by atoms with Crippen LogP contribution in [0.25, 0.3) is 0 Å². The molecular formula is C24H37N3O3S. The molecule has 1 aliphatic carbocycles. The number of rotatable bonds is 5. The summed E-state index contributed by atoms with van der Waals surface area (Å²) in [6, 6.07) is 8.57. The Morgan fingerprint density at radius 3 is 2.35 bits per heavy atom. The van der Waals surface area contributed by atoms with Crippen molar-refractivity contribution in [1.82, 2.24) is 14.1 Å². The summed E-state index contributed by atoms with van der Waals surface area (Å²) in [4.78, 5) is 17.3. The van der Waals surface area contributed by atoms with Crippen LogP contribution in [0.15, 0.2) is 24.3 Å². The van der Waals surface area contributed by atoms with Gasteiger partial charge in [0.1, 0.15) is 0 Å². The first-order valence-electron chi connectivity index (χ1n) is 11.7. The molecule has 0 N–H and O–H groups in total. The SMILES string of the molecule is CC(C)CS(=O)(=O)N1CCC2(CC1)CC(CC(=O)N1CCN(C)CC1)c1ccccc12. The van der Waals surface area contributed by atoms with Crippen molar-refractivity contribution in [2.24, 2.45) is 5.92 Å². The smallest absolute Gasteiger partial charge is 0.223 e. The Balaban J connectivity index is 1.47. The Morgan fingerprint density at radius 1 is 1.06 bits per heavy atom. The summed E-state index contributed by atoms with van der Waals surface area (Å²) in [5.41, 5.74) is 2.67. The lowest BCUT2D eigenvalue weighted by Crippen LogP contribution is -2.47. The van der Waals surface area contributed by atoms with E-state index < -0.39 is 10.0 Å². The highest BCUT2D eigenvalue weighted by Crippen LogP contribution is 2.53. The molecule has 172 valence electrons. The zero-order chi connectivity index (χ0) is 22.2. The summed E-state index contributed by atoms with van der Waals surface area (Å²) < 4.78 is 27.1.